The molecule has 5 aromatic rings. The van der Waals surface area contributed by atoms with Crippen LogP contribution in [0.15, 0.2) is 96.0 Å². The van der Waals surface area contributed by atoms with Crippen LogP contribution in [0.1, 0.15) is 102 Å². The van der Waals surface area contributed by atoms with Crippen molar-refractivity contribution in [2.75, 3.05) is 99.8 Å². The van der Waals surface area contributed by atoms with E-state index in [1.54, 1.807) is 55.2 Å². The largest absolute Gasteiger partial charge is 0.493 e. The Hall–Kier alpha value is -6.53. The molecule has 0 spiro atoms. The topological polar surface area (TPSA) is 216 Å². The van der Waals surface area contributed by atoms with E-state index >= 15 is 0 Å². The maximum Gasteiger partial charge on any atom is 0.276 e. The van der Waals surface area contributed by atoms with Crippen molar-refractivity contribution in [3.8, 4) is 23.0 Å². The minimum atomic E-state index is -4.66. The predicted octanol–water partition coefficient (Wildman–Crippen LogP) is 10.3. The van der Waals surface area contributed by atoms with E-state index in [1.807, 2.05) is 65.7 Å². The quantitative estimate of drug-likeness (QED) is 0.0184. The summed E-state index contributed by atoms with van der Waals surface area (Å²) in [5.41, 5.74) is 8.40. The summed E-state index contributed by atoms with van der Waals surface area (Å²) in [4.78, 5) is 52.8. The summed E-state index contributed by atoms with van der Waals surface area (Å²) in [7, 11) is 3.07. The molecule has 0 radical (unpaired) electrons. The molecule has 3 atom stereocenters. The van der Waals surface area contributed by atoms with Gasteiger partial charge in [0, 0.05) is 85.1 Å². The maximum absolute atomic E-state index is 14.3. The van der Waals surface area contributed by atoms with Crippen molar-refractivity contribution >= 4 is 84.1 Å². The highest BCUT2D eigenvalue weighted by molar-refractivity contribution is 8.77. The van der Waals surface area contributed by atoms with Crippen molar-refractivity contribution in [1.29, 1.82) is 0 Å². The molecular formula is C64H78N6O13S3. The first-order valence-corrected chi connectivity index (χ1v) is 33.3. The van der Waals surface area contributed by atoms with Gasteiger partial charge in [-0.25, -0.2) is 0 Å². The van der Waals surface area contributed by atoms with Crippen LogP contribution in [-0.4, -0.2) is 145 Å². The first-order valence-electron chi connectivity index (χ1n) is 29.5. The van der Waals surface area contributed by atoms with Crippen LogP contribution in [0.4, 0.5) is 28.4 Å². The Bertz CT molecular complexity index is 3380. The highest BCUT2D eigenvalue weighted by atomic mass is 33.1. The van der Waals surface area contributed by atoms with Crippen molar-refractivity contribution in [2.24, 2.45) is 4.99 Å². The molecule has 1 unspecified atom stereocenters. The Kier molecular flexibility index (Phi) is 20.7. The van der Waals surface area contributed by atoms with Crippen LogP contribution >= 0.6 is 21.6 Å². The zero-order valence-electron chi connectivity index (χ0n) is 49.5. The third-order valence-corrected chi connectivity index (χ3v) is 20.6. The number of carbonyl (C=O) groups excluding carboxylic acids is 3. The third-order valence-electron chi connectivity index (χ3n) is 16.2. The molecule has 86 heavy (non-hydrogen) atoms. The van der Waals surface area contributed by atoms with E-state index in [0.717, 1.165) is 84.3 Å². The van der Waals surface area contributed by atoms with E-state index in [9.17, 15) is 27.4 Å². The lowest BCUT2D eigenvalue weighted by Crippen LogP contribution is -2.44. The number of benzene rings is 5. The number of hydrogen-bond donors (Lipinski definition) is 3. The number of carbonyl (C=O) groups is 3. The smallest absolute Gasteiger partial charge is 0.276 e. The van der Waals surface area contributed by atoms with Gasteiger partial charge in [0.25, 0.3) is 21.9 Å². The number of aliphatic imine (C=N–C) groups is 1. The van der Waals surface area contributed by atoms with E-state index < -0.39 is 26.0 Å². The lowest BCUT2D eigenvalue weighted by molar-refractivity contribution is -0.121. The Morgan fingerprint density at radius 1 is 0.767 bits per heavy atom. The fourth-order valence-electron chi connectivity index (χ4n) is 11.9. The van der Waals surface area contributed by atoms with Crippen LogP contribution in [0, 0.1) is 0 Å². The highest BCUT2D eigenvalue weighted by Crippen LogP contribution is 2.44. The molecule has 10 rings (SSSR count). The van der Waals surface area contributed by atoms with Crippen molar-refractivity contribution in [3.05, 3.63) is 124 Å². The molecule has 3 amide bonds. The van der Waals surface area contributed by atoms with Gasteiger partial charge in [0.1, 0.15) is 13.2 Å². The molecule has 5 aromatic carbocycles. The van der Waals surface area contributed by atoms with Gasteiger partial charge in [0.05, 0.1) is 81.8 Å². The SMILES string of the molecule is COCCOCCOCCN(CC(C)(C)SSCCC(C(=O)NC1CCCCCC1)S(=O)(=O)O)c1cc(COc2cc3c(cc2OC)C(=O)N2c4ccccc4C[C@H]2C=N3)cc(COc2cc3c(cc2OC)C(=O)N2c4ccccc4C[C@H]2CN3)c1. The Balaban J connectivity index is 0.919. The van der Waals surface area contributed by atoms with Gasteiger partial charge in [-0.15, -0.1) is 0 Å². The molecule has 460 valence electrons. The number of para-hydroxylation sites is 2. The first kappa shape index (κ1) is 62.5. The average molecular weight is 1240 g/mol. The number of ether oxygens (including phenoxy) is 7. The molecule has 3 N–H and O–H groups in total. The normalized spacial score (nSPS) is 17.6. The van der Waals surface area contributed by atoms with E-state index in [-0.39, 0.29) is 55.3 Å². The van der Waals surface area contributed by atoms with Gasteiger partial charge in [-0.05, 0) is 104 Å². The molecule has 1 saturated carbocycles. The van der Waals surface area contributed by atoms with Crippen molar-refractivity contribution in [2.45, 2.75) is 113 Å². The average Bonchev–Trinajstić information content (AvgIpc) is 1.83. The monoisotopic (exact) mass is 1230 g/mol. The van der Waals surface area contributed by atoms with Crippen LogP contribution in [0.25, 0.3) is 0 Å². The number of anilines is 4. The molecule has 22 heteroatoms. The molecular weight excluding hydrogens is 1160 g/mol. The van der Waals surface area contributed by atoms with E-state index in [1.165, 1.54) is 10.8 Å². The Morgan fingerprint density at radius 3 is 2.06 bits per heavy atom. The van der Waals surface area contributed by atoms with Gasteiger partial charge >= 0.3 is 0 Å². The molecule has 0 saturated heterocycles. The Morgan fingerprint density at radius 2 is 1.38 bits per heavy atom. The van der Waals surface area contributed by atoms with Crippen LogP contribution < -0.4 is 44.3 Å². The highest BCUT2D eigenvalue weighted by Gasteiger charge is 2.39. The number of rotatable bonds is 28. The van der Waals surface area contributed by atoms with Crippen molar-refractivity contribution in [1.82, 2.24) is 5.32 Å². The number of nitrogens with one attached hydrogen (secondary N) is 2. The summed E-state index contributed by atoms with van der Waals surface area (Å²) >= 11 is 0. The molecule has 19 nitrogen and oxygen atoms in total. The predicted molar refractivity (Wildman–Crippen MR) is 339 cm³/mol. The zero-order valence-corrected chi connectivity index (χ0v) is 52.0. The number of hydrogen-bond acceptors (Lipinski definition) is 17. The van der Waals surface area contributed by atoms with Crippen LogP contribution in [0.5, 0.6) is 23.0 Å². The van der Waals surface area contributed by atoms with E-state index in [4.69, 9.17) is 38.2 Å². The first-order chi connectivity index (χ1) is 41.6. The third kappa shape index (κ3) is 15.1. The second-order valence-electron chi connectivity index (χ2n) is 22.8. The fraction of sp³-hybridized carbons (Fsp3) is 0.469. The minimum absolute atomic E-state index is 0.0550. The molecule has 4 aliphatic heterocycles. The van der Waals surface area contributed by atoms with Crippen LogP contribution in [0.2, 0.25) is 0 Å². The number of methoxy groups -OCH3 is 3. The molecule has 5 aliphatic rings. The van der Waals surface area contributed by atoms with E-state index in [0.29, 0.717) is 105 Å². The number of amides is 3. The molecule has 1 aliphatic carbocycles. The summed E-state index contributed by atoms with van der Waals surface area (Å²) in [5.74, 6) is 0.951. The van der Waals surface area contributed by atoms with Crippen molar-refractivity contribution in [3.63, 3.8) is 0 Å². The summed E-state index contributed by atoms with van der Waals surface area (Å²) in [6.45, 7) is 7.87. The minimum Gasteiger partial charge on any atom is -0.493 e. The van der Waals surface area contributed by atoms with Gasteiger partial charge < -0.3 is 53.6 Å². The standard InChI is InChI=1S/C64H78N6O13S3/c1-64(2,85-84-27-20-60(86(74,75)76)61(71)67-46-16-8-6-7-9-17-46)41-68(21-22-80-25-26-81-24-23-77-3)47-29-42(39-82-58-35-52-50(33-56(58)78-4)62(72)69-48(37-65-52)31-44-14-10-12-18-54(44)69)28-43(30-47)40-83-59-36-53-51(34-57(59)79-5)63(73)70-49(38-66-53)32-45-15-11-13-19-55(45)70/h10-15,18-19,28-30,33-37,46,48-49,60,66H,6-9,16-17,20-27,31-32,38-41H2,1-5H3,(H,67,71)(H,74,75,76)/t48-,49-,60?/m0/s1. The van der Waals surface area contributed by atoms with Gasteiger partial charge in [-0.1, -0.05) is 83.7 Å². The number of fused-ring (bicyclic) bond motifs is 8. The van der Waals surface area contributed by atoms with E-state index in [2.05, 4.69) is 47.6 Å². The Labute approximate surface area is 512 Å². The zero-order chi connectivity index (χ0) is 60.4. The molecule has 1 fully saturated rings. The molecule has 0 bridgehead atoms. The lowest BCUT2D eigenvalue weighted by Gasteiger charge is -2.34. The summed E-state index contributed by atoms with van der Waals surface area (Å²) in [6, 6.07) is 28.7. The summed E-state index contributed by atoms with van der Waals surface area (Å²) in [6.07, 6.45) is 8.83. The molecule has 0 aromatic heterocycles. The van der Waals surface area contributed by atoms with Crippen molar-refractivity contribution < 1.29 is 60.5 Å². The molecule has 4 heterocycles. The van der Waals surface area contributed by atoms with Gasteiger partial charge in [0.2, 0.25) is 5.91 Å². The second-order valence-corrected chi connectivity index (χ2v) is 27.6. The summed E-state index contributed by atoms with van der Waals surface area (Å²) in [5, 5.41) is 4.89. The van der Waals surface area contributed by atoms with Gasteiger partial charge in [-0.3, -0.25) is 28.8 Å². The van der Waals surface area contributed by atoms with Gasteiger partial charge in [0.15, 0.2) is 28.2 Å². The lowest BCUT2D eigenvalue weighted by atomic mass is 10.1. The fourth-order valence-corrected chi connectivity index (χ4v) is 15.4. The van der Waals surface area contributed by atoms with Crippen LogP contribution in [0.3, 0.4) is 0 Å². The number of nitrogens with zero attached hydrogens (tertiary/aromatic N) is 4. The maximum atomic E-state index is 14.3. The van der Waals surface area contributed by atoms with Crippen LogP contribution in [-0.2, 0) is 55.2 Å². The van der Waals surface area contributed by atoms with Gasteiger partial charge in [-0.2, -0.15) is 8.42 Å². The second kappa shape index (κ2) is 28.5. The summed E-state index contributed by atoms with van der Waals surface area (Å²) < 4.78 is 77.2.